The summed E-state index contributed by atoms with van der Waals surface area (Å²) in [4.78, 5) is 25.0. The number of benzene rings is 1. The van der Waals surface area contributed by atoms with E-state index >= 15 is 0 Å². The highest BCUT2D eigenvalue weighted by Gasteiger charge is 2.30. The molecule has 4 rings (SSSR count). The standard InChI is InChI=1S/C25H31FN4O2S/c1-3-5-10-23-29(15-6-4-2)22(28-32-23)16-30-21-9-7-8-20(21)24(31)27-25(30)33-17-18-11-13-19(26)14-12-18/h6,11-15,23H,3-5,7-10,16-17H2,1-2H3/b15-6+. The molecule has 0 spiro atoms. The van der Waals surface area contributed by atoms with Gasteiger partial charge in [0.1, 0.15) is 5.82 Å². The lowest BCUT2D eigenvalue weighted by Crippen LogP contribution is -2.35. The van der Waals surface area contributed by atoms with Crippen molar-refractivity contribution in [3.8, 4) is 0 Å². The quantitative estimate of drug-likeness (QED) is 0.351. The van der Waals surface area contributed by atoms with Gasteiger partial charge in [-0.25, -0.2) is 4.39 Å². The summed E-state index contributed by atoms with van der Waals surface area (Å²) >= 11 is 1.50. The van der Waals surface area contributed by atoms with Gasteiger partial charge >= 0.3 is 0 Å². The maximum atomic E-state index is 13.3. The van der Waals surface area contributed by atoms with E-state index in [0.717, 1.165) is 67.6 Å². The third-order valence-corrected chi connectivity index (χ3v) is 7.02. The lowest BCUT2D eigenvalue weighted by molar-refractivity contribution is 0.0201. The molecule has 1 aliphatic carbocycles. The number of halogens is 1. The molecule has 0 amide bonds. The summed E-state index contributed by atoms with van der Waals surface area (Å²) < 4.78 is 15.4. The first kappa shape index (κ1) is 23.5. The van der Waals surface area contributed by atoms with Gasteiger partial charge in [0.05, 0.1) is 6.54 Å². The fourth-order valence-electron chi connectivity index (χ4n) is 4.20. The number of hydrogen-bond donors (Lipinski definition) is 0. The Kier molecular flexibility index (Phi) is 7.85. The molecule has 0 saturated heterocycles. The molecule has 1 aliphatic heterocycles. The fraction of sp³-hybridized carbons (Fsp3) is 0.480. The van der Waals surface area contributed by atoms with Crippen molar-refractivity contribution >= 4 is 17.6 Å². The van der Waals surface area contributed by atoms with E-state index in [1.54, 1.807) is 12.1 Å². The van der Waals surface area contributed by atoms with E-state index in [2.05, 4.69) is 45.7 Å². The first-order valence-corrected chi connectivity index (χ1v) is 12.8. The molecule has 0 fully saturated rings. The van der Waals surface area contributed by atoms with Crippen molar-refractivity contribution in [2.24, 2.45) is 5.16 Å². The molecule has 33 heavy (non-hydrogen) atoms. The second-order valence-corrected chi connectivity index (χ2v) is 9.33. The van der Waals surface area contributed by atoms with Gasteiger partial charge in [0, 0.05) is 29.6 Å². The molecule has 2 aromatic rings. The van der Waals surface area contributed by atoms with Crippen molar-refractivity contribution in [3.05, 3.63) is 69.5 Å². The summed E-state index contributed by atoms with van der Waals surface area (Å²) in [6.45, 7) is 4.77. The Morgan fingerprint density at radius 2 is 2.06 bits per heavy atom. The van der Waals surface area contributed by atoms with Crippen molar-refractivity contribution in [3.63, 3.8) is 0 Å². The van der Waals surface area contributed by atoms with Crippen molar-refractivity contribution in [2.45, 2.75) is 82.5 Å². The van der Waals surface area contributed by atoms with E-state index < -0.39 is 0 Å². The van der Waals surface area contributed by atoms with Crippen LogP contribution in [0.4, 0.5) is 4.39 Å². The van der Waals surface area contributed by atoms with Crippen molar-refractivity contribution < 1.29 is 9.23 Å². The zero-order valence-corrected chi connectivity index (χ0v) is 20.1. The fourth-order valence-corrected chi connectivity index (χ4v) is 5.16. The molecule has 2 aliphatic rings. The molecule has 1 atom stereocenters. The zero-order chi connectivity index (χ0) is 23.2. The van der Waals surface area contributed by atoms with Gasteiger partial charge in [0.25, 0.3) is 5.56 Å². The van der Waals surface area contributed by atoms with Gasteiger partial charge in [-0.05, 0) is 49.8 Å². The first-order valence-electron chi connectivity index (χ1n) is 11.8. The van der Waals surface area contributed by atoms with Crippen LogP contribution >= 0.6 is 11.8 Å². The Labute approximate surface area is 198 Å². The number of hydrogen-bond acceptors (Lipinski definition) is 6. The second kappa shape index (κ2) is 11.0. The van der Waals surface area contributed by atoms with E-state index in [1.807, 2.05) is 0 Å². The highest BCUT2D eigenvalue weighted by atomic mass is 32.2. The minimum absolute atomic E-state index is 0.0987. The topological polar surface area (TPSA) is 59.7 Å². The van der Waals surface area contributed by atoms with Crippen LogP contribution in [0.1, 0.15) is 62.8 Å². The van der Waals surface area contributed by atoms with Gasteiger partial charge in [-0.1, -0.05) is 55.4 Å². The molecule has 0 saturated carbocycles. The van der Waals surface area contributed by atoms with Crippen LogP contribution in [0.5, 0.6) is 0 Å². The summed E-state index contributed by atoms with van der Waals surface area (Å²) in [5.74, 6) is 1.17. The maximum Gasteiger partial charge on any atom is 0.277 e. The summed E-state index contributed by atoms with van der Waals surface area (Å²) in [6.07, 6.45) is 10.7. The molecule has 8 heteroatoms. The third kappa shape index (κ3) is 5.49. The van der Waals surface area contributed by atoms with Crippen molar-refractivity contribution in [1.82, 2.24) is 14.5 Å². The van der Waals surface area contributed by atoms with E-state index in [1.165, 1.54) is 23.9 Å². The Bertz CT molecular complexity index is 1080. The first-order chi connectivity index (χ1) is 16.1. The Balaban J connectivity index is 1.61. The predicted octanol–water partition coefficient (Wildman–Crippen LogP) is 5.25. The molecule has 0 bridgehead atoms. The van der Waals surface area contributed by atoms with Gasteiger partial charge in [-0.15, -0.1) is 0 Å². The Morgan fingerprint density at radius 1 is 1.24 bits per heavy atom. The highest BCUT2D eigenvalue weighted by molar-refractivity contribution is 7.98. The molecular formula is C25H31FN4O2S. The molecule has 0 radical (unpaired) electrons. The predicted molar refractivity (Wildman–Crippen MR) is 130 cm³/mol. The van der Waals surface area contributed by atoms with Gasteiger partial charge < -0.3 is 9.40 Å². The normalized spacial score (nSPS) is 17.5. The van der Waals surface area contributed by atoms with Gasteiger partial charge in [0.15, 0.2) is 11.0 Å². The number of amidine groups is 1. The van der Waals surface area contributed by atoms with E-state index in [4.69, 9.17) is 4.84 Å². The van der Waals surface area contributed by atoms with Gasteiger partial charge in [-0.2, -0.15) is 4.98 Å². The molecule has 2 heterocycles. The number of rotatable bonds is 10. The van der Waals surface area contributed by atoms with Crippen molar-refractivity contribution in [2.75, 3.05) is 0 Å². The molecule has 1 unspecified atom stereocenters. The number of nitrogens with zero attached hydrogens (tertiary/aromatic N) is 4. The Hall–Kier alpha value is -2.61. The van der Waals surface area contributed by atoms with Crippen LogP contribution in [0.15, 0.2) is 51.6 Å². The third-order valence-electron chi connectivity index (χ3n) is 5.98. The second-order valence-electron chi connectivity index (χ2n) is 8.39. The SMILES string of the molecule is CC/C=C/N1C(Cn2c(SCc3ccc(F)cc3)nc(=O)c3c2CCC3)=NOC1CCCC. The summed E-state index contributed by atoms with van der Waals surface area (Å²) in [5, 5.41) is 5.10. The number of oxime groups is 1. The average molecular weight is 471 g/mol. The number of fused-ring (bicyclic) bond motifs is 1. The van der Waals surface area contributed by atoms with E-state index in [0.29, 0.717) is 17.5 Å². The smallest absolute Gasteiger partial charge is 0.277 e. The molecule has 6 nitrogen and oxygen atoms in total. The molecule has 1 aromatic carbocycles. The largest absolute Gasteiger partial charge is 0.368 e. The molecule has 1 aromatic heterocycles. The number of allylic oxidation sites excluding steroid dienone is 1. The number of thioether (sulfide) groups is 1. The van der Waals surface area contributed by atoms with E-state index in [9.17, 15) is 9.18 Å². The molecular weight excluding hydrogens is 439 g/mol. The summed E-state index contributed by atoms with van der Waals surface area (Å²) in [7, 11) is 0. The average Bonchev–Trinajstić information content (AvgIpc) is 3.45. The number of unbranched alkanes of at least 4 members (excludes halogenated alkanes) is 1. The van der Waals surface area contributed by atoms with Crippen LogP contribution in [-0.4, -0.2) is 26.5 Å². The minimum Gasteiger partial charge on any atom is -0.368 e. The van der Waals surface area contributed by atoms with Crippen LogP contribution < -0.4 is 5.56 Å². The lowest BCUT2D eigenvalue weighted by atomic mass is 10.2. The van der Waals surface area contributed by atoms with Crippen LogP contribution in [0.25, 0.3) is 0 Å². The van der Waals surface area contributed by atoms with Crippen LogP contribution in [0, 0.1) is 5.82 Å². The van der Waals surface area contributed by atoms with Gasteiger partial charge in [0.2, 0.25) is 6.23 Å². The molecule has 176 valence electrons. The van der Waals surface area contributed by atoms with E-state index in [-0.39, 0.29) is 17.6 Å². The number of aromatic nitrogens is 2. The Morgan fingerprint density at radius 3 is 2.82 bits per heavy atom. The highest BCUT2D eigenvalue weighted by Crippen LogP contribution is 2.28. The lowest BCUT2D eigenvalue weighted by Gasteiger charge is -2.23. The summed E-state index contributed by atoms with van der Waals surface area (Å²) in [5.41, 5.74) is 2.72. The zero-order valence-electron chi connectivity index (χ0n) is 19.3. The summed E-state index contributed by atoms with van der Waals surface area (Å²) in [6, 6.07) is 6.45. The van der Waals surface area contributed by atoms with Crippen LogP contribution in [-0.2, 0) is 30.0 Å². The monoisotopic (exact) mass is 470 g/mol. The van der Waals surface area contributed by atoms with Crippen LogP contribution in [0.2, 0.25) is 0 Å². The van der Waals surface area contributed by atoms with Crippen molar-refractivity contribution in [1.29, 1.82) is 0 Å². The van der Waals surface area contributed by atoms with Crippen LogP contribution in [0.3, 0.4) is 0 Å². The van der Waals surface area contributed by atoms with Gasteiger partial charge in [-0.3, -0.25) is 9.69 Å². The molecule has 0 N–H and O–H groups in total. The minimum atomic E-state index is -0.256. The maximum absolute atomic E-state index is 13.3.